The quantitative estimate of drug-likeness (QED) is 0.830. The Labute approximate surface area is 161 Å². The average Bonchev–Trinajstić information content (AvgIpc) is 3.26. The number of halogens is 2. The van der Waals surface area contributed by atoms with Crippen molar-refractivity contribution in [3.63, 3.8) is 0 Å². The first kappa shape index (κ1) is 21.5. The number of aromatic nitrogens is 2. The second-order valence-corrected chi connectivity index (χ2v) is 6.33. The van der Waals surface area contributed by atoms with E-state index in [-0.39, 0.29) is 42.7 Å². The van der Waals surface area contributed by atoms with Gasteiger partial charge in [0.25, 0.3) is 0 Å². The maximum Gasteiger partial charge on any atom is 0.223 e. The highest BCUT2D eigenvalue weighted by Gasteiger charge is 2.32. The van der Waals surface area contributed by atoms with Crippen LogP contribution in [0.15, 0.2) is 43.0 Å². The molecule has 3 N–H and O–H groups in total. The van der Waals surface area contributed by atoms with Crippen molar-refractivity contribution in [3.8, 4) is 5.69 Å². The molecule has 1 aromatic carbocycles. The molecule has 1 heterocycles. The molecular weight excluding hydrogens is 359 g/mol. The maximum atomic E-state index is 12.5. The summed E-state index contributed by atoms with van der Waals surface area (Å²) >= 11 is 0. The topological polar surface area (TPSA) is 72.9 Å². The summed E-state index contributed by atoms with van der Waals surface area (Å²) < 4.78 is 1.96. The molecule has 0 saturated heterocycles. The standard InChI is InChI=1S/C18H24N4O.2ClH/c1-13(21-18(23)17-7-3-5-15(17)11-19)14-4-2-6-16(10-14)22-9-8-20-12-22;;/h2,4,6,8-10,12-13,15,17H,3,5,7,11,19H2,1H3,(H,21,23);2*1H/t13?,15-,17-;;/m1../s1. The fraction of sp³-hybridized carbons (Fsp3) is 0.444. The summed E-state index contributed by atoms with van der Waals surface area (Å²) in [5.41, 5.74) is 7.92. The first-order chi connectivity index (χ1) is 11.2. The number of nitrogens with two attached hydrogens (primary N) is 1. The number of hydrogen-bond acceptors (Lipinski definition) is 3. The van der Waals surface area contributed by atoms with Gasteiger partial charge in [0, 0.05) is 24.0 Å². The monoisotopic (exact) mass is 384 g/mol. The van der Waals surface area contributed by atoms with Gasteiger partial charge < -0.3 is 15.6 Å². The van der Waals surface area contributed by atoms with Crippen molar-refractivity contribution in [1.82, 2.24) is 14.9 Å². The number of carbonyl (C=O) groups is 1. The fourth-order valence-corrected chi connectivity index (χ4v) is 3.43. The van der Waals surface area contributed by atoms with Crippen molar-refractivity contribution in [2.75, 3.05) is 6.54 Å². The van der Waals surface area contributed by atoms with E-state index in [1.54, 1.807) is 12.5 Å². The molecule has 0 radical (unpaired) electrons. The van der Waals surface area contributed by atoms with Crippen LogP contribution >= 0.6 is 24.8 Å². The van der Waals surface area contributed by atoms with Crippen LogP contribution in [0.5, 0.6) is 0 Å². The molecule has 0 aliphatic heterocycles. The summed E-state index contributed by atoms with van der Waals surface area (Å²) in [5.74, 6) is 0.539. The molecule has 3 rings (SSSR count). The second kappa shape index (κ2) is 9.80. The number of carbonyl (C=O) groups excluding carboxylic acids is 1. The molecule has 1 unspecified atom stereocenters. The van der Waals surface area contributed by atoms with Crippen molar-refractivity contribution < 1.29 is 4.79 Å². The Morgan fingerprint density at radius 1 is 1.40 bits per heavy atom. The van der Waals surface area contributed by atoms with E-state index >= 15 is 0 Å². The van der Waals surface area contributed by atoms with Gasteiger partial charge in [-0.25, -0.2) is 4.98 Å². The maximum absolute atomic E-state index is 12.5. The van der Waals surface area contributed by atoms with E-state index in [4.69, 9.17) is 5.73 Å². The molecule has 5 nitrogen and oxygen atoms in total. The van der Waals surface area contributed by atoms with E-state index in [1.807, 2.05) is 35.9 Å². The minimum Gasteiger partial charge on any atom is -0.349 e. The number of nitrogens with one attached hydrogen (secondary N) is 1. The number of rotatable bonds is 5. The Kier molecular flexibility index (Phi) is 8.42. The van der Waals surface area contributed by atoms with Gasteiger partial charge in [0.1, 0.15) is 0 Å². The lowest BCUT2D eigenvalue weighted by atomic mass is 9.94. The summed E-state index contributed by atoms with van der Waals surface area (Å²) in [6, 6.07) is 8.14. The summed E-state index contributed by atoms with van der Waals surface area (Å²) in [7, 11) is 0. The highest BCUT2D eigenvalue weighted by molar-refractivity contribution is 5.85. The Morgan fingerprint density at radius 3 is 2.88 bits per heavy atom. The lowest BCUT2D eigenvalue weighted by molar-refractivity contribution is -0.126. The molecule has 0 bridgehead atoms. The first-order valence-corrected chi connectivity index (χ1v) is 8.27. The van der Waals surface area contributed by atoms with Gasteiger partial charge in [-0.3, -0.25) is 4.79 Å². The van der Waals surface area contributed by atoms with Crippen LogP contribution < -0.4 is 11.1 Å². The molecule has 7 heteroatoms. The lowest BCUT2D eigenvalue weighted by Crippen LogP contribution is -2.36. The third-order valence-electron chi connectivity index (χ3n) is 4.83. The Morgan fingerprint density at radius 2 is 2.20 bits per heavy atom. The van der Waals surface area contributed by atoms with Gasteiger partial charge >= 0.3 is 0 Å². The second-order valence-electron chi connectivity index (χ2n) is 6.33. The molecule has 1 aromatic heterocycles. The van der Waals surface area contributed by atoms with E-state index in [2.05, 4.69) is 16.4 Å². The van der Waals surface area contributed by atoms with Gasteiger partial charge in [0.05, 0.1) is 12.4 Å². The summed E-state index contributed by atoms with van der Waals surface area (Å²) in [5, 5.41) is 3.16. The van der Waals surface area contributed by atoms with Crippen LogP contribution in [0, 0.1) is 11.8 Å². The van der Waals surface area contributed by atoms with E-state index in [9.17, 15) is 4.79 Å². The minimum atomic E-state index is -0.0232. The summed E-state index contributed by atoms with van der Waals surface area (Å²) in [6.07, 6.45) is 8.56. The molecule has 3 atom stereocenters. The largest absolute Gasteiger partial charge is 0.349 e. The minimum absolute atomic E-state index is 0. The van der Waals surface area contributed by atoms with Gasteiger partial charge in [0.2, 0.25) is 5.91 Å². The van der Waals surface area contributed by atoms with Crippen LogP contribution in [0.3, 0.4) is 0 Å². The number of benzene rings is 1. The van der Waals surface area contributed by atoms with Gasteiger partial charge in [-0.05, 0) is 49.9 Å². The summed E-state index contributed by atoms with van der Waals surface area (Å²) in [4.78, 5) is 16.6. The van der Waals surface area contributed by atoms with Crippen molar-refractivity contribution in [1.29, 1.82) is 0 Å². The van der Waals surface area contributed by atoms with Crippen LogP contribution in [0.1, 0.15) is 37.8 Å². The SMILES string of the molecule is CC(NC(=O)[C@@H]1CCC[C@@H]1CN)c1cccc(-n2ccnc2)c1.Cl.Cl. The average molecular weight is 385 g/mol. The molecule has 1 aliphatic carbocycles. The molecule has 1 amide bonds. The number of imidazole rings is 1. The van der Waals surface area contributed by atoms with Crippen LogP contribution in [-0.2, 0) is 4.79 Å². The van der Waals surface area contributed by atoms with E-state index in [0.29, 0.717) is 12.5 Å². The fourth-order valence-electron chi connectivity index (χ4n) is 3.43. The molecule has 1 saturated carbocycles. The van der Waals surface area contributed by atoms with E-state index < -0.39 is 0 Å². The zero-order valence-electron chi connectivity index (χ0n) is 14.3. The van der Waals surface area contributed by atoms with Crippen molar-refractivity contribution in [2.45, 2.75) is 32.2 Å². The first-order valence-electron chi connectivity index (χ1n) is 8.27. The lowest BCUT2D eigenvalue weighted by Gasteiger charge is -2.21. The van der Waals surface area contributed by atoms with Crippen molar-refractivity contribution >= 4 is 30.7 Å². The van der Waals surface area contributed by atoms with Crippen LogP contribution in [0.4, 0.5) is 0 Å². The van der Waals surface area contributed by atoms with Gasteiger partial charge in [-0.15, -0.1) is 24.8 Å². The van der Waals surface area contributed by atoms with Crippen molar-refractivity contribution in [3.05, 3.63) is 48.5 Å². The highest BCUT2D eigenvalue weighted by atomic mass is 35.5. The predicted octanol–water partition coefficient (Wildman–Crippen LogP) is 3.27. The van der Waals surface area contributed by atoms with E-state index in [1.165, 1.54) is 0 Å². The molecule has 1 fully saturated rings. The van der Waals surface area contributed by atoms with Gasteiger partial charge in [-0.1, -0.05) is 18.6 Å². The van der Waals surface area contributed by atoms with Crippen molar-refractivity contribution in [2.24, 2.45) is 17.6 Å². The highest BCUT2D eigenvalue weighted by Crippen LogP contribution is 2.31. The number of nitrogens with zero attached hydrogens (tertiary/aromatic N) is 2. The molecule has 1 aliphatic rings. The molecule has 0 spiro atoms. The normalized spacial score (nSPS) is 20.2. The van der Waals surface area contributed by atoms with Crippen LogP contribution in [0.25, 0.3) is 5.69 Å². The van der Waals surface area contributed by atoms with Crippen LogP contribution in [-0.4, -0.2) is 22.0 Å². The van der Waals surface area contributed by atoms with Gasteiger partial charge in [0.15, 0.2) is 0 Å². The Hall–Kier alpha value is -1.56. The van der Waals surface area contributed by atoms with Gasteiger partial charge in [-0.2, -0.15) is 0 Å². The van der Waals surface area contributed by atoms with Crippen LogP contribution in [0.2, 0.25) is 0 Å². The molecule has 138 valence electrons. The summed E-state index contributed by atoms with van der Waals surface area (Å²) in [6.45, 7) is 2.62. The Balaban J connectivity index is 0.00000156. The number of hydrogen-bond donors (Lipinski definition) is 2. The smallest absolute Gasteiger partial charge is 0.223 e. The zero-order valence-corrected chi connectivity index (χ0v) is 15.9. The van der Waals surface area contributed by atoms with E-state index in [0.717, 1.165) is 30.5 Å². The third kappa shape index (κ3) is 4.97. The third-order valence-corrected chi connectivity index (χ3v) is 4.83. The number of amides is 1. The Bertz CT molecular complexity index is 663. The zero-order chi connectivity index (χ0) is 16.2. The predicted molar refractivity (Wildman–Crippen MR) is 105 cm³/mol. The molecule has 2 aromatic rings. The molecule has 25 heavy (non-hydrogen) atoms. The molecular formula is C18H26Cl2N4O.